The molecule has 1 aliphatic carbocycles. The molecule has 1 N–H and O–H groups in total. The number of rotatable bonds is 7. The Kier molecular flexibility index (Phi) is 8.72. The molecule has 0 radical (unpaired) electrons. The van der Waals surface area contributed by atoms with Crippen molar-refractivity contribution in [3.05, 3.63) is 41.7 Å². The zero-order valence-corrected chi connectivity index (χ0v) is 20.2. The van der Waals surface area contributed by atoms with E-state index in [1.165, 1.54) is 12.1 Å². The van der Waals surface area contributed by atoms with Crippen molar-refractivity contribution in [2.24, 2.45) is 5.92 Å². The summed E-state index contributed by atoms with van der Waals surface area (Å²) in [4.78, 5) is 24.1. The molecule has 32 heavy (non-hydrogen) atoms. The molecular weight excluding hydrogens is 434 g/mol. The van der Waals surface area contributed by atoms with Crippen LogP contribution in [0.5, 0.6) is 0 Å². The van der Waals surface area contributed by atoms with Gasteiger partial charge >= 0.3 is 22.2 Å². The summed E-state index contributed by atoms with van der Waals surface area (Å²) in [6, 6.07) is 6.19. The summed E-state index contributed by atoms with van der Waals surface area (Å²) in [6.45, 7) is 9.07. The fourth-order valence-corrected chi connectivity index (χ4v) is 4.39. The van der Waals surface area contributed by atoms with E-state index in [-0.39, 0.29) is 29.2 Å². The Morgan fingerprint density at radius 2 is 1.69 bits per heavy atom. The van der Waals surface area contributed by atoms with E-state index < -0.39 is 27.8 Å². The maximum Gasteiger partial charge on any atom is 0.407 e. The van der Waals surface area contributed by atoms with E-state index in [0.717, 1.165) is 11.6 Å². The number of ether oxygens (including phenoxy) is 2. The standard InChI is InChI=1S/C23H33NO7S/c1-6-29-21(25)15-20(31-32(27,28)19-13-7-16(2)8-14-19)17-9-11-18(12-10-17)24-22(26)30-23(3,4)5/h7-8,13-15,17-18H,6,9-12H2,1-5H3,(H,24,26)/b20-15-/t17-,18-. The molecule has 1 fully saturated rings. The highest BCUT2D eigenvalue weighted by Crippen LogP contribution is 2.33. The molecule has 1 amide bonds. The van der Waals surface area contributed by atoms with Gasteiger partial charge in [0.25, 0.3) is 0 Å². The van der Waals surface area contributed by atoms with Crippen LogP contribution in [0.25, 0.3) is 0 Å². The van der Waals surface area contributed by atoms with E-state index in [4.69, 9.17) is 13.7 Å². The highest BCUT2D eigenvalue weighted by atomic mass is 32.2. The first-order chi connectivity index (χ1) is 14.9. The zero-order chi connectivity index (χ0) is 23.9. The third-order valence-electron chi connectivity index (χ3n) is 4.91. The Morgan fingerprint density at radius 3 is 2.22 bits per heavy atom. The third-order valence-corrected chi connectivity index (χ3v) is 6.17. The lowest BCUT2D eigenvalue weighted by Gasteiger charge is -2.30. The van der Waals surface area contributed by atoms with Crippen LogP contribution in [0.3, 0.4) is 0 Å². The zero-order valence-electron chi connectivity index (χ0n) is 19.3. The highest BCUT2D eigenvalue weighted by Gasteiger charge is 2.30. The molecule has 1 aromatic rings. The van der Waals surface area contributed by atoms with Crippen molar-refractivity contribution in [1.29, 1.82) is 0 Å². The molecule has 0 atom stereocenters. The van der Waals surface area contributed by atoms with Crippen LogP contribution < -0.4 is 5.32 Å². The molecular formula is C23H33NO7S. The molecule has 1 saturated carbocycles. The van der Waals surface area contributed by atoms with Gasteiger partial charge in [0.15, 0.2) is 0 Å². The molecule has 0 heterocycles. The average molecular weight is 468 g/mol. The van der Waals surface area contributed by atoms with E-state index in [9.17, 15) is 18.0 Å². The second-order valence-electron chi connectivity index (χ2n) is 8.84. The van der Waals surface area contributed by atoms with Crippen molar-refractivity contribution in [3.8, 4) is 0 Å². The van der Waals surface area contributed by atoms with Gasteiger partial charge in [0, 0.05) is 12.0 Å². The predicted molar refractivity (Wildman–Crippen MR) is 119 cm³/mol. The van der Waals surface area contributed by atoms with Crippen LogP contribution >= 0.6 is 0 Å². The summed E-state index contributed by atoms with van der Waals surface area (Å²) in [6.07, 6.45) is 2.89. The van der Waals surface area contributed by atoms with Gasteiger partial charge in [0.1, 0.15) is 16.3 Å². The van der Waals surface area contributed by atoms with E-state index in [1.807, 2.05) is 6.92 Å². The van der Waals surface area contributed by atoms with Gasteiger partial charge in [0.2, 0.25) is 0 Å². The number of carbonyl (C=O) groups excluding carboxylic acids is 2. The molecule has 0 spiro atoms. The number of esters is 1. The number of alkyl carbamates (subject to hydrolysis) is 1. The number of benzene rings is 1. The number of allylic oxidation sites excluding steroid dienone is 1. The Bertz CT molecular complexity index is 922. The van der Waals surface area contributed by atoms with Crippen LogP contribution in [-0.2, 0) is 28.6 Å². The quantitative estimate of drug-likeness (QED) is 0.277. The summed E-state index contributed by atoms with van der Waals surface area (Å²) < 4.78 is 41.2. The van der Waals surface area contributed by atoms with Crippen LogP contribution in [0, 0.1) is 12.8 Å². The largest absolute Gasteiger partial charge is 0.463 e. The minimum atomic E-state index is -4.10. The number of nitrogens with one attached hydrogen (secondary N) is 1. The lowest BCUT2D eigenvalue weighted by atomic mass is 9.84. The maximum absolute atomic E-state index is 12.8. The van der Waals surface area contributed by atoms with Gasteiger partial charge in [0.05, 0.1) is 12.7 Å². The number of carbonyl (C=O) groups is 2. The van der Waals surface area contributed by atoms with E-state index in [0.29, 0.717) is 25.7 Å². The van der Waals surface area contributed by atoms with E-state index >= 15 is 0 Å². The highest BCUT2D eigenvalue weighted by molar-refractivity contribution is 7.86. The van der Waals surface area contributed by atoms with Crippen molar-refractivity contribution in [2.45, 2.75) is 76.8 Å². The first-order valence-corrected chi connectivity index (χ1v) is 12.2. The van der Waals surface area contributed by atoms with E-state index in [2.05, 4.69) is 5.32 Å². The summed E-state index contributed by atoms with van der Waals surface area (Å²) in [7, 11) is -4.10. The second-order valence-corrected chi connectivity index (χ2v) is 10.4. The molecule has 0 saturated heterocycles. The normalized spacial score (nSPS) is 19.7. The SMILES string of the molecule is CCOC(=O)/C=C(\OS(=O)(=O)c1ccc(C)cc1)[C@H]1CC[C@H](NC(=O)OC(C)(C)C)CC1. The van der Waals surface area contributed by atoms with Crippen molar-refractivity contribution in [1.82, 2.24) is 5.32 Å². The number of aryl methyl sites for hydroxylation is 1. The third kappa shape index (κ3) is 8.18. The number of hydrogen-bond acceptors (Lipinski definition) is 7. The fraction of sp³-hybridized carbons (Fsp3) is 0.565. The average Bonchev–Trinajstić information content (AvgIpc) is 2.67. The Hall–Kier alpha value is -2.55. The minimum Gasteiger partial charge on any atom is -0.463 e. The smallest absolute Gasteiger partial charge is 0.407 e. The van der Waals surface area contributed by atoms with Crippen LogP contribution in [-0.4, -0.2) is 38.7 Å². The molecule has 8 nitrogen and oxygen atoms in total. The second kappa shape index (κ2) is 10.8. The summed E-state index contributed by atoms with van der Waals surface area (Å²) >= 11 is 0. The maximum atomic E-state index is 12.8. The van der Waals surface area contributed by atoms with Crippen molar-refractivity contribution >= 4 is 22.2 Å². The summed E-state index contributed by atoms with van der Waals surface area (Å²) in [5.41, 5.74) is 0.330. The van der Waals surface area contributed by atoms with Gasteiger partial charge < -0.3 is 19.0 Å². The lowest BCUT2D eigenvalue weighted by molar-refractivity contribution is -0.137. The number of amides is 1. The van der Waals surface area contributed by atoms with Crippen LogP contribution in [0.1, 0.15) is 58.9 Å². The van der Waals surface area contributed by atoms with Crippen molar-refractivity contribution in [2.75, 3.05) is 6.61 Å². The van der Waals surface area contributed by atoms with Gasteiger partial charge in [-0.3, -0.25) is 0 Å². The fourth-order valence-electron chi connectivity index (χ4n) is 3.39. The Balaban J connectivity index is 2.11. The first kappa shape index (κ1) is 25.7. The van der Waals surface area contributed by atoms with Gasteiger partial charge in [-0.25, -0.2) is 9.59 Å². The topological polar surface area (TPSA) is 108 Å². The van der Waals surface area contributed by atoms with Crippen molar-refractivity contribution < 1.29 is 31.7 Å². The molecule has 0 aliphatic heterocycles. The van der Waals surface area contributed by atoms with Gasteiger partial charge in [-0.15, -0.1) is 0 Å². The molecule has 1 aliphatic rings. The molecule has 0 unspecified atom stereocenters. The first-order valence-electron chi connectivity index (χ1n) is 10.8. The number of hydrogen-bond donors (Lipinski definition) is 1. The van der Waals surface area contributed by atoms with Gasteiger partial charge in [-0.1, -0.05) is 17.7 Å². The molecule has 1 aromatic carbocycles. The predicted octanol–water partition coefficient (Wildman–Crippen LogP) is 4.23. The monoisotopic (exact) mass is 467 g/mol. The molecule has 0 bridgehead atoms. The van der Waals surface area contributed by atoms with Crippen LogP contribution in [0.15, 0.2) is 41.0 Å². The van der Waals surface area contributed by atoms with E-state index in [1.54, 1.807) is 39.8 Å². The Labute approximate surface area is 190 Å². The van der Waals surface area contributed by atoms with Crippen molar-refractivity contribution in [3.63, 3.8) is 0 Å². The minimum absolute atomic E-state index is 0.0122. The molecule has 0 aromatic heterocycles. The van der Waals surface area contributed by atoms with Gasteiger partial charge in [-0.05, 0) is 72.4 Å². The van der Waals surface area contributed by atoms with Crippen LogP contribution in [0.4, 0.5) is 4.79 Å². The Morgan fingerprint density at radius 1 is 1.09 bits per heavy atom. The molecule has 2 rings (SSSR count). The molecule has 9 heteroatoms. The summed E-state index contributed by atoms with van der Waals surface area (Å²) in [5, 5.41) is 2.84. The van der Waals surface area contributed by atoms with Gasteiger partial charge in [-0.2, -0.15) is 8.42 Å². The summed E-state index contributed by atoms with van der Waals surface area (Å²) in [5.74, 6) is -0.897. The molecule has 178 valence electrons. The van der Waals surface area contributed by atoms with Crippen LogP contribution in [0.2, 0.25) is 0 Å². The lowest BCUT2D eigenvalue weighted by Crippen LogP contribution is -2.41.